The fourth-order valence-corrected chi connectivity index (χ4v) is 2.83. The van der Waals surface area contributed by atoms with Gasteiger partial charge in [-0.3, -0.25) is 0 Å². The third-order valence-corrected chi connectivity index (χ3v) is 3.99. The van der Waals surface area contributed by atoms with Crippen LogP contribution in [0.15, 0.2) is 30.3 Å². The van der Waals surface area contributed by atoms with E-state index in [1.54, 1.807) is 0 Å². The Bertz CT molecular complexity index is 613. The Kier molecular flexibility index (Phi) is 5.20. The highest BCUT2D eigenvalue weighted by Gasteiger charge is 2.09. The van der Waals surface area contributed by atoms with E-state index in [1.165, 1.54) is 0 Å². The number of nitrogens with one attached hydrogen (secondary N) is 1. The molecule has 3 nitrogen and oxygen atoms in total. The maximum atomic E-state index is 5.83. The van der Waals surface area contributed by atoms with Gasteiger partial charge in [-0.2, -0.15) is 11.8 Å². The highest BCUT2D eigenvalue weighted by atomic mass is 32.2. The van der Waals surface area contributed by atoms with Crippen LogP contribution < -0.4 is 11.1 Å². The quantitative estimate of drug-likeness (QED) is 0.801. The van der Waals surface area contributed by atoms with E-state index < -0.39 is 0 Å². The Labute approximate surface area is 129 Å². The number of benzene rings is 1. The summed E-state index contributed by atoms with van der Waals surface area (Å²) in [7, 11) is 0. The first kappa shape index (κ1) is 15.1. The van der Waals surface area contributed by atoms with E-state index in [0.29, 0.717) is 11.0 Å². The van der Waals surface area contributed by atoms with Crippen molar-refractivity contribution in [1.29, 1.82) is 0 Å². The van der Waals surface area contributed by atoms with Gasteiger partial charge in [0, 0.05) is 17.0 Å². The minimum absolute atomic E-state index is 0.371. The normalized spacial score (nSPS) is 12.3. The van der Waals surface area contributed by atoms with Crippen LogP contribution in [-0.2, 0) is 0 Å². The second kappa shape index (κ2) is 6.90. The molecule has 106 valence electrons. The number of thioether (sulfide) groups is 1. The van der Waals surface area contributed by atoms with Gasteiger partial charge in [-0.15, -0.1) is 0 Å². The second-order valence-corrected chi connectivity index (χ2v) is 6.19. The van der Waals surface area contributed by atoms with E-state index in [4.69, 9.17) is 18.0 Å². The van der Waals surface area contributed by atoms with Crippen LogP contribution in [0.4, 0.5) is 5.82 Å². The minimum Gasteiger partial charge on any atom is -0.389 e. The molecule has 0 saturated heterocycles. The molecule has 5 heteroatoms. The van der Waals surface area contributed by atoms with Crippen molar-refractivity contribution in [1.82, 2.24) is 4.98 Å². The summed E-state index contributed by atoms with van der Waals surface area (Å²) in [6.07, 6.45) is 3.21. The number of rotatable bonds is 6. The number of hydrogen-bond acceptors (Lipinski definition) is 4. The largest absolute Gasteiger partial charge is 0.389 e. The van der Waals surface area contributed by atoms with Crippen LogP contribution in [0.5, 0.6) is 0 Å². The van der Waals surface area contributed by atoms with Crippen molar-refractivity contribution in [3.63, 3.8) is 0 Å². The molecule has 1 heterocycles. The molecule has 1 unspecified atom stereocenters. The standard InChI is InChI=1S/C15H19N3S2/c1-10(7-8-20-2)17-14-9-12(15(16)19)11-5-3-4-6-13(11)18-14/h3-6,9-10H,7-8H2,1-2H3,(H2,16,19)(H,17,18). The summed E-state index contributed by atoms with van der Waals surface area (Å²) in [4.78, 5) is 5.04. The van der Waals surface area contributed by atoms with Gasteiger partial charge in [0.15, 0.2) is 0 Å². The summed E-state index contributed by atoms with van der Waals surface area (Å²) in [5, 5.41) is 4.43. The molecule has 20 heavy (non-hydrogen) atoms. The van der Waals surface area contributed by atoms with E-state index in [0.717, 1.165) is 34.5 Å². The second-order valence-electron chi connectivity index (χ2n) is 4.76. The van der Waals surface area contributed by atoms with Gasteiger partial charge in [0.05, 0.1) is 5.52 Å². The molecule has 0 spiro atoms. The van der Waals surface area contributed by atoms with Crippen LogP contribution in [0.2, 0.25) is 0 Å². The zero-order chi connectivity index (χ0) is 14.5. The van der Waals surface area contributed by atoms with Crippen molar-refractivity contribution in [2.24, 2.45) is 5.73 Å². The molecule has 0 aliphatic carbocycles. The SMILES string of the molecule is CSCCC(C)Nc1cc(C(N)=S)c2ccccc2n1. The zero-order valence-corrected chi connectivity index (χ0v) is 13.4. The van der Waals surface area contributed by atoms with Crippen molar-refractivity contribution >= 4 is 45.7 Å². The zero-order valence-electron chi connectivity index (χ0n) is 11.7. The number of thiocarbonyl (C=S) groups is 1. The molecule has 1 atom stereocenters. The highest BCUT2D eigenvalue weighted by molar-refractivity contribution is 7.98. The number of fused-ring (bicyclic) bond motifs is 1. The van der Waals surface area contributed by atoms with Crippen LogP contribution in [0.1, 0.15) is 18.9 Å². The summed E-state index contributed by atoms with van der Waals surface area (Å²) in [5.74, 6) is 1.96. The Balaban J connectivity index is 2.32. The molecule has 1 aromatic carbocycles. The molecular formula is C15H19N3S2. The van der Waals surface area contributed by atoms with Gasteiger partial charge < -0.3 is 11.1 Å². The Morgan fingerprint density at radius 2 is 2.20 bits per heavy atom. The Morgan fingerprint density at radius 1 is 1.45 bits per heavy atom. The van der Waals surface area contributed by atoms with Crippen molar-refractivity contribution in [3.8, 4) is 0 Å². The lowest BCUT2D eigenvalue weighted by atomic mass is 10.1. The predicted octanol–water partition coefficient (Wildman–Crippen LogP) is 3.42. The number of nitrogens with zero attached hydrogens (tertiary/aromatic N) is 1. The van der Waals surface area contributed by atoms with Gasteiger partial charge in [-0.1, -0.05) is 30.4 Å². The van der Waals surface area contributed by atoms with E-state index in [9.17, 15) is 0 Å². The molecule has 0 bridgehead atoms. The van der Waals surface area contributed by atoms with Gasteiger partial charge in [-0.05, 0) is 37.5 Å². The topological polar surface area (TPSA) is 50.9 Å². The van der Waals surface area contributed by atoms with Crippen molar-refractivity contribution in [3.05, 3.63) is 35.9 Å². The van der Waals surface area contributed by atoms with Crippen LogP contribution in [0.3, 0.4) is 0 Å². The maximum Gasteiger partial charge on any atom is 0.127 e. The fraction of sp³-hybridized carbons (Fsp3) is 0.333. The van der Waals surface area contributed by atoms with Crippen molar-refractivity contribution in [2.45, 2.75) is 19.4 Å². The molecule has 0 aliphatic rings. The number of hydrogen-bond donors (Lipinski definition) is 2. The Morgan fingerprint density at radius 3 is 2.90 bits per heavy atom. The number of nitrogens with two attached hydrogens (primary N) is 1. The highest BCUT2D eigenvalue weighted by Crippen LogP contribution is 2.21. The number of para-hydroxylation sites is 1. The number of aromatic nitrogens is 1. The van der Waals surface area contributed by atoms with E-state index in [1.807, 2.05) is 42.1 Å². The molecule has 1 aromatic heterocycles. The molecular weight excluding hydrogens is 286 g/mol. The summed E-state index contributed by atoms with van der Waals surface area (Å²) in [6.45, 7) is 2.16. The van der Waals surface area contributed by atoms with Gasteiger partial charge in [0.2, 0.25) is 0 Å². The van der Waals surface area contributed by atoms with Gasteiger partial charge in [0.1, 0.15) is 10.8 Å². The average Bonchev–Trinajstić information content (AvgIpc) is 2.44. The fourth-order valence-electron chi connectivity index (χ4n) is 2.07. The molecule has 0 amide bonds. The first-order valence-corrected chi connectivity index (χ1v) is 8.37. The maximum absolute atomic E-state index is 5.83. The predicted molar refractivity (Wildman–Crippen MR) is 93.7 cm³/mol. The van der Waals surface area contributed by atoms with E-state index in [-0.39, 0.29) is 0 Å². The van der Waals surface area contributed by atoms with Gasteiger partial charge in [-0.25, -0.2) is 4.98 Å². The monoisotopic (exact) mass is 305 g/mol. The van der Waals surface area contributed by atoms with E-state index in [2.05, 4.69) is 23.5 Å². The number of pyridine rings is 1. The Hall–Kier alpha value is -1.33. The smallest absolute Gasteiger partial charge is 0.127 e. The third kappa shape index (κ3) is 3.61. The van der Waals surface area contributed by atoms with Crippen molar-refractivity contribution in [2.75, 3.05) is 17.3 Å². The summed E-state index contributed by atoms with van der Waals surface area (Å²) < 4.78 is 0. The molecule has 0 saturated carbocycles. The lowest BCUT2D eigenvalue weighted by Gasteiger charge is -2.15. The number of anilines is 1. The molecule has 0 radical (unpaired) electrons. The summed E-state index contributed by atoms with van der Waals surface area (Å²) >= 11 is 7.00. The summed E-state index contributed by atoms with van der Waals surface area (Å²) in [5.41, 5.74) is 7.63. The minimum atomic E-state index is 0.371. The molecule has 0 fully saturated rings. The van der Waals surface area contributed by atoms with Crippen LogP contribution in [0, 0.1) is 0 Å². The lowest BCUT2D eigenvalue weighted by molar-refractivity contribution is 0.768. The van der Waals surface area contributed by atoms with Gasteiger partial charge in [0.25, 0.3) is 0 Å². The molecule has 0 aliphatic heterocycles. The van der Waals surface area contributed by atoms with Gasteiger partial charge >= 0.3 is 0 Å². The van der Waals surface area contributed by atoms with Crippen LogP contribution in [-0.4, -0.2) is 28.0 Å². The average molecular weight is 305 g/mol. The van der Waals surface area contributed by atoms with Crippen LogP contribution >= 0.6 is 24.0 Å². The van der Waals surface area contributed by atoms with Crippen LogP contribution in [0.25, 0.3) is 10.9 Å². The summed E-state index contributed by atoms with van der Waals surface area (Å²) in [6, 6.07) is 10.2. The molecule has 2 rings (SSSR count). The third-order valence-electron chi connectivity index (χ3n) is 3.13. The molecule has 2 aromatic rings. The lowest BCUT2D eigenvalue weighted by Crippen LogP contribution is -2.18. The first-order chi connectivity index (χ1) is 9.61. The molecule has 3 N–H and O–H groups in total. The first-order valence-electron chi connectivity index (χ1n) is 6.57. The van der Waals surface area contributed by atoms with E-state index >= 15 is 0 Å². The van der Waals surface area contributed by atoms with Crippen molar-refractivity contribution < 1.29 is 0 Å².